The first-order chi connectivity index (χ1) is 10.6. The van der Waals surface area contributed by atoms with Crippen molar-refractivity contribution in [2.75, 3.05) is 46.3 Å². The van der Waals surface area contributed by atoms with Crippen molar-refractivity contribution in [3.05, 3.63) is 35.4 Å². The van der Waals surface area contributed by atoms with Gasteiger partial charge in [-0.2, -0.15) is 0 Å². The summed E-state index contributed by atoms with van der Waals surface area (Å²) in [7, 11) is 1.90. The first-order valence-corrected chi connectivity index (χ1v) is 8.04. The molecule has 1 aromatic carbocycles. The molecule has 0 spiro atoms. The maximum Gasteiger partial charge on any atom is 0.317 e. The molecule has 1 aliphatic rings. The average Bonchev–Trinajstić information content (AvgIpc) is 2.53. The Kier molecular flexibility index (Phi) is 6.36. The van der Waals surface area contributed by atoms with E-state index in [4.69, 9.17) is 5.11 Å². The van der Waals surface area contributed by atoms with Gasteiger partial charge in [-0.05, 0) is 24.6 Å². The Morgan fingerprint density at radius 2 is 1.95 bits per heavy atom. The van der Waals surface area contributed by atoms with Crippen molar-refractivity contribution >= 4 is 5.97 Å². The van der Waals surface area contributed by atoms with Gasteiger partial charge in [0.15, 0.2) is 0 Å². The van der Waals surface area contributed by atoms with E-state index in [9.17, 15) is 4.79 Å². The van der Waals surface area contributed by atoms with E-state index in [-0.39, 0.29) is 12.6 Å². The second-order valence-electron chi connectivity index (χ2n) is 5.97. The number of likely N-dealkylation sites (N-methyl/N-ethyl adjacent to an activating group) is 1. The van der Waals surface area contributed by atoms with Crippen LogP contribution < -0.4 is 5.32 Å². The Balaban J connectivity index is 2.13. The van der Waals surface area contributed by atoms with Crippen LogP contribution in [0.25, 0.3) is 0 Å². The van der Waals surface area contributed by atoms with Gasteiger partial charge >= 0.3 is 5.97 Å². The topological polar surface area (TPSA) is 55.8 Å². The van der Waals surface area contributed by atoms with E-state index in [0.717, 1.165) is 39.1 Å². The van der Waals surface area contributed by atoms with Crippen LogP contribution >= 0.6 is 0 Å². The summed E-state index contributed by atoms with van der Waals surface area (Å²) >= 11 is 0. The van der Waals surface area contributed by atoms with Crippen LogP contribution in [0.4, 0.5) is 0 Å². The number of piperazine rings is 1. The van der Waals surface area contributed by atoms with Crippen molar-refractivity contribution in [2.45, 2.75) is 19.4 Å². The molecule has 1 fully saturated rings. The summed E-state index contributed by atoms with van der Waals surface area (Å²) < 4.78 is 0. The molecule has 1 unspecified atom stereocenters. The van der Waals surface area contributed by atoms with Crippen molar-refractivity contribution in [3.8, 4) is 0 Å². The molecular formula is C17H27N3O2. The summed E-state index contributed by atoms with van der Waals surface area (Å²) in [5.74, 6) is -0.780. The van der Waals surface area contributed by atoms with Gasteiger partial charge in [0, 0.05) is 38.8 Å². The summed E-state index contributed by atoms with van der Waals surface area (Å²) in [6, 6.07) is 8.69. The highest BCUT2D eigenvalue weighted by Crippen LogP contribution is 2.21. The normalized spacial score (nSPS) is 17.6. The predicted octanol–water partition coefficient (Wildman–Crippen LogP) is 1.21. The van der Waals surface area contributed by atoms with Gasteiger partial charge in [-0.3, -0.25) is 14.6 Å². The summed E-state index contributed by atoms with van der Waals surface area (Å²) in [6.07, 6.45) is 1.02. The van der Waals surface area contributed by atoms with Crippen LogP contribution in [0.3, 0.4) is 0 Å². The van der Waals surface area contributed by atoms with Gasteiger partial charge in [-0.15, -0.1) is 0 Å². The number of benzene rings is 1. The van der Waals surface area contributed by atoms with Crippen LogP contribution in [0.15, 0.2) is 24.3 Å². The molecule has 1 aromatic rings. The van der Waals surface area contributed by atoms with Gasteiger partial charge in [-0.25, -0.2) is 0 Å². The van der Waals surface area contributed by atoms with E-state index >= 15 is 0 Å². The first kappa shape index (κ1) is 16.9. The molecule has 0 amide bonds. The minimum Gasteiger partial charge on any atom is -0.480 e. The summed E-state index contributed by atoms with van der Waals surface area (Å²) in [6.45, 7) is 7.12. The minimum atomic E-state index is -0.780. The van der Waals surface area contributed by atoms with E-state index in [2.05, 4.69) is 41.4 Å². The molecular weight excluding hydrogens is 278 g/mol. The SMILES string of the molecule is CCc1ccc(C(CN2CCNCC2)N(C)CC(=O)O)cc1. The summed E-state index contributed by atoms with van der Waals surface area (Å²) in [4.78, 5) is 15.4. The largest absolute Gasteiger partial charge is 0.480 e. The fraction of sp³-hybridized carbons (Fsp3) is 0.588. The Morgan fingerprint density at radius 1 is 1.32 bits per heavy atom. The van der Waals surface area contributed by atoms with Gasteiger partial charge in [-0.1, -0.05) is 31.2 Å². The van der Waals surface area contributed by atoms with Gasteiger partial charge in [0.1, 0.15) is 0 Å². The van der Waals surface area contributed by atoms with Gasteiger partial charge in [0.2, 0.25) is 0 Å². The summed E-state index contributed by atoms with van der Waals surface area (Å²) in [5.41, 5.74) is 2.50. The van der Waals surface area contributed by atoms with Crippen LogP contribution in [-0.4, -0.2) is 67.2 Å². The molecule has 1 saturated heterocycles. The molecule has 1 heterocycles. The fourth-order valence-corrected chi connectivity index (χ4v) is 2.94. The van der Waals surface area contributed by atoms with E-state index in [1.54, 1.807) is 0 Å². The highest BCUT2D eigenvalue weighted by atomic mass is 16.4. The van der Waals surface area contributed by atoms with E-state index < -0.39 is 5.97 Å². The minimum absolute atomic E-state index is 0.0618. The standard InChI is InChI=1S/C17H27N3O2/c1-3-14-4-6-15(7-5-14)16(19(2)13-17(21)22)12-20-10-8-18-9-11-20/h4-7,16,18H,3,8-13H2,1-2H3,(H,21,22). The van der Waals surface area contributed by atoms with Crippen molar-refractivity contribution in [3.63, 3.8) is 0 Å². The zero-order valence-electron chi connectivity index (χ0n) is 13.6. The van der Waals surface area contributed by atoms with Crippen molar-refractivity contribution in [2.24, 2.45) is 0 Å². The van der Waals surface area contributed by atoms with Gasteiger partial charge < -0.3 is 10.4 Å². The quantitative estimate of drug-likeness (QED) is 0.793. The zero-order chi connectivity index (χ0) is 15.9. The molecule has 122 valence electrons. The number of hydrogen-bond donors (Lipinski definition) is 2. The molecule has 2 N–H and O–H groups in total. The Bertz CT molecular complexity index is 469. The monoisotopic (exact) mass is 305 g/mol. The van der Waals surface area contributed by atoms with Crippen LogP contribution in [0.2, 0.25) is 0 Å². The molecule has 0 saturated carbocycles. The fourth-order valence-electron chi connectivity index (χ4n) is 2.94. The van der Waals surface area contributed by atoms with Crippen LogP contribution in [-0.2, 0) is 11.2 Å². The highest BCUT2D eigenvalue weighted by Gasteiger charge is 2.23. The number of carboxylic acid groups (broad SMARTS) is 1. The Morgan fingerprint density at radius 3 is 2.50 bits per heavy atom. The maximum atomic E-state index is 11.1. The molecule has 2 rings (SSSR count). The Hall–Kier alpha value is -1.43. The second-order valence-corrected chi connectivity index (χ2v) is 5.97. The maximum absolute atomic E-state index is 11.1. The number of rotatable bonds is 7. The molecule has 22 heavy (non-hydrogen) atoms. The second kappa shape index (κ2) is 8.27. The zero-order valence-corrected chi connectivity index (χ0v) is 13.6. The first-order valence-electron chi connectivity index (χ1n) is 8.04. The summed E-state index contributed by atoms with van der Waals surface area (Å²) in [5, 5.41) is 12.5. The van der Waals surface area contributed by atoms with E-state index in [1.165, 1.54) is 11.1 Å². The van der Waals surface area contributed by atoms with Crippen LogP contribution in [0.1, 0.15) is 24.1 Å². The molecule has 0 aliphatic carbocycles. The van der Waals surface area contributed by atoms with Crippen molar-refractivity contribution in [1.82, 2.24) is 15.1 Å². The van der Waals surface area contributed by atoms with Crippen molar-refractivity contribution in [1.29, 1.82) is 0 Å². The molecule has 5 heteroatoms. The number of carboxylic acids is 1. The van der Waals surface area contributed by atoms with Gasteiger partial charge in [0.25, 0.3) is 0 Å². The Labute approximate surface area is 132 Å². The lowest BCUT2D eigenvalue weighted by molar-refractivity contribution is -0.138. The average molecular weight is 305 g/mol. The number of aliphatic carboxylic acids is 1. The lowest BCUT2D eigenvalue weighted by atomic mass is 10.0. The lowest BCUT2D eigenvalue weighted by Crippen LogP contribution is -2.47. The molecule has 0 radical (unpaired) electrons. The van der Waals surface area contributed by atoms with E-state index in [0.29, 0.717) is 0 Å². The number of nitrogens with one attached hydrogen (secondary N) is 1. The molecule has 1 atom stereocenters. The smallest absolute Gasteiger partial charge is 0.317 e. The number of hydrogen-bond acceptors (Lipinski definition) is 4. The molecule has 0 aromatic heterocycles. The predicted molar refractivity (Wildman–Crippen MR) is 88.1 cm³/mol. The molecule has 0 bridgehead atoms. The number of nitrogens with zero attached hydrogens (tertiary/aromatic N) is 2. The van der Waals surface area contributed by atoms with Crippen molar-refractivity contribution < 1.29 is 9.90 Å². The lowest BCUT2D eigenvalue weighted by Gasteiger charge is -2.35. The van der Waals surface area contributed by atoms with Crippen LogP contribution in [0.5, 0.6) is 0 Å². The van der Waals surface area contributed by atoms with Gasteiger partial charge in [0.05, 0.1) is 6.54 Å². The highest BCUT2D eigenvalue weighted by molar-refractivity contribution is 5.69. The third-order valence-electron chi connectivity index (χ3n) is 4.33. The third kappa shape index (κ3) is 4.80. The molecule has 5 nitrogen and oxygen atoms in total. The number of carbonyl (C=O) groups is 1. The molecule has 1 aliphatic heterocycles. The van der Waals surface area contributed by atoms with E-state index in [1.807, 2.05) is 11.9 Å². The van der Waals surface area contributed by atoms with Crippen LogP contribution in [0, 0.1) is 0 Å². The number of aryl methyl sites for hydroxylation is 1. The third-order valence-corrected chi connectivity index (χ3v) is 4.33.